The molecule has 4 nitrogen and oxygen atoms in total. The molecule has 1 heterocycles. The van der Waals surface area contributed by atoms with E-state index in [1.54, 1.807) is 19.0 Å². The highest BCUT2D eigenvalue weighted by molar-refractivity contribution is 5.30. The molecule has 0 aliphatic heterocycles. The van der Waals surface area contributed by atoms with Gasteiger partial charge in [0, 0.05) is 18.3 Å². The van der Waals surface area contributed by atoms with Gasteiger partial charge >= 0.3 is 6.18 Å². The van der Waals surface area contributed by atoms with Crippen molar-refractivity contribution in [1.29, 1.82) is 0 Å². The Morgan fingerprint density at radius 2 is 1.75 bits per heavy atom. The van der Waals surface area contributed by atoms with Crippen LogP contribution in [0.4, 0.5) is 27.9 Å². The second kappa shape index (κ2) is 7.08. The van der Waals surface area contributed by atoms with E-state index in [0.717, 1.165) is 24.4 Å². The van der Waals surface area contributed by atoms with Gasteiger partial charge in [-0.3, -0.25) is 0 Å². The molecular weight excluding hydrogens is 331 g/mol. The van der Waals surface area contributed by atoms with Crippen molar-refractivity contribution in [2.75, 3.05) is 26.0 Å². The maximum atomic E-state index is 13.9. The van der Waals surface area contributed by atoms with Gasteiger partial charge in [-0.2, -0.15) is 13.2 Å². The lowest BCUT2D eigenvalue weighted by Crippen LogP contribution is -2.29. The second-order valence-electron chi connectivity index (χ2n) is 5.26. The first-order chi connectivity index (χ1) is 11.2. The zero-order valence-electron chi connectivity index (χ0n) is 12.9. The number of nitrogens with zero attached hydrogens (tertiary/aromatic N) is 3. The van der Waals surface area contributed by atoms with Crippen molar-refractivity contribution in [1.82, 2.24) is 14.9 Å². The van der Waals surface area contributed by atoms with Crippen molar-refractivity contribution in [3.63, 3.8) is 0 Å². The fraction of sp³-hybridized carbons (Fsp3) is 0.333. The summed E-state index contributed by atoms with van der Waals surface area (Å²) in [5.74, 6) is -1.74. The molecule has 0 saturated heterocycles. The monoisotopic (exact) mass is 346 g/mol. The van der Waals surface area contributed by atoms with Crippen LogP contribution >= 0.6 is 0 Å². The van der Waals surface area contributed by atoms with Crippen molar-refractivity contribution in [2.24, 2.45) is 0 Å². The number of hydrogen-bond donors (Lipinski definition) is 1. The van der Waals surface area contributed by atoms with Gasteiger partial charge in [0.25, 0.3) is 0 Å². The first kappa shape index (κ1) is 18.1. The summed E-state index contributed by atoms with van der Waals surface area (Å²) in [7, 11) is 3.20. The quantitative estimate of drug-likeness (QED) is 0.842. The number of rotatable bonds is 5. The van der Waals surface area contributed by atoms with Crippen LogP contribution in [0.5, 0.6) is 0 Å². The Hall–Kier alpha value is -2.29. The average Bonchev–Trinajstić information content (AvgIpc) is 2.49. The summed E-state index contributed by atoms with van der Waals surface area (Å²) in [6, 6.07) is 3.46. The number of hydrogen-bond acceptors (Lipinski definition) is 4. The average molecular weight is 346 g/mol. The minimum absolute atomic E-state index is 0.0772. The standard InChI is InChI=1S/C15H15F5N4/c1-24(2)11(13-9(16)4-3-5-10(13)17)8-22-14-21-7-6-12(23-14)15(18,19)20/h3-7,11H,8H2,1-2H3,(H,21,22,23). The maximum Gasteiger partial charge on any atom is 0.433 e. The third-order valence-corrected chi connectivity index (χ3v) is 3.36. The van der Waals surface area contributed by atoms with Crippen molar-refractivity contribution < 1.29 is 22.0 Å². The molecule has 2 rings (SSSR count). The van der Waals surface area contributed by atoms with E-state index in [9.17, 15) is 22.0 Å². The highest BCUT2D eigenvalue weighted by Crippen LogP contribution is 2.28. The Labute approximate surface area is 135 Å². The molecule has 0 saturated carbocycles. The number of nitrogens with one attached hydrogen (secondary N) is 1. The van der Waals surface area contributed by atoms with E-state index in [1.165, 1.54) is 6.07 Å². The van der Waals surface area contributed by atoms with Gasteiger partial charge in [-0.15, -0.1) is 0 Å². The SMILES string of the molecule is CN(C)C(CNc1nccc(C(F)(F)F)n1)c1c(F)cccc1F. The molecule has 24 heavy (non-hydrogen) atoms. The molecule has 1 aromatic heterocycles. The molecule has 0 aliphatic carbocycles. The van der Waals surface area contributed by atoms with Crippen LogP contribution in [0.2, 0.25) is 0 Å². The Kier molecular flexibility index (Phi) is 5.33. The van der Waals surface area contributed by atoms with Gasteiger partial charge in [0.1, 0.15) is 17.3 Å². The van der Waals surface area contributed by atoms with E-state index in [4.69, 9.17) is 0 Å². The molecule has 1 unspecified atom stereocenters. The number of anilines is 1. The van der Waals surface area contributed by atoms with E-state index in [1.807, 2.05) is 0 Å². The first-order valence-electron chi connectivity index (χ1n) is 6.94. The van der Waals surface area contributed by atoms with Crippen molar-refractivity contribution in [3.8, 4) is 0 Å². The summed E-state index contributed by atoms with van der Waals surface area (Å²) in [5, 5.41) is 2.59. The molecule has 0 amide bonds. The van der Waals surface area contributed by atoms with Crippen LogP contribution in [0.25, 0.3) is 0 Å². The Balaban J connectivity index is 2.22. The molecule has 0 bridgehead atoms. The van der Waals surface area contributed by atoms with Gasteiger partial charge < -0.3 is 10.2 Å². The summed E-state index contributed by atoms with van der Waals surface area (Å²) >= 11 is 0. The molecule has 0 fully saturated rings. The lowest BCUT2D eigenvalue weighted by atomic mass is 10.0. The minimum atomic E-state index is -4.60. The zero-order valence-corrected chi connectivity index (χ0v) is 12.9. The van der Waals surface area contributed by atoms with Crippen LogP contribution in [0.15, 0.2) is 30.5 Å². The third-order valence-electron chi connectivity index (χ3n) is 3.36. The van der Waals surface area contributed by atoms with E-state index in [2.05, 4.69) is 15.3 Å². The van der Waals surface area contributed by atoms with Gasteiger partial charge in [-0.25, -0.2) is 18.7 Å². The zero-order chi connectivity index (χ0) is 17.9. The predicted molar refractivity (Wildman–Crippen MR) is 78.3 cm³/mol. The molecule has 0 aliphatic rings. The fourth-order valence-corrected chi connectivity index (χ4v) is 2.16. The largest absolute Gasteiger partial charge is 0.433 e. The van der Waals surface area contributed by atoms with E-state index >= 15 is 0 Å². The van der Waals surface area contributed by atoms with Crippen molar-refractivity contribution >= 4 is 5.95 Å². The smallest absolute Gasteiger partial charge is 0.352 e. The topological polar surface area (TPSA) is 41.0 Å². The summed E-state index contributed by atoms with van der Waals surface area (Å²) in [5.41, 5.74) is -1.28. The number of likely N-dealkylation sites (N-methyl/N-ethyl adjacent to an activating group) is 1. The molecule has 0 spiro atoms. The normalized spacial score (nSPS) is 13.2. The number of alkyl halides is 3. The summed E-state index contributed by atoms with van der Waals surface area (Å²) in [4.78, 5) is 8.60. The van der Waals surface area contributed by atoms with Crippen LogP contribution in [-0.2, 0) is 6.18 Å². The predicted octanol–water partition coefficient (Wildman–Crippen LogP) is 3.49. The van der Waals surface area contributed by atoms with Crippen LogP contribution in [-0.4, -0.2) is 35.5 Å². The van der Waals surface area contributed by atoms with E-state index in [0.29, 0.717) is 0 Å². The summed E-state index contributed by atoms with van der Waals surface area (Å²) in [6.45, 7) is -0.0772. The van der Waals surface area contributed by atoms with Gasteiger partial charge in [-0.05, 0) is 32.3 Å². The highest BCUT2D eigenvalue weighted by atomic mass is 19.4. The molecule has 1 N–H and O–H groups in total. The molecule has 1 atom stereocenters. The van der Waals surface area contributed by atoms with E-state index < -0.39 is 29.5 Å². The Morgan fingerprint density at radius 1 is 1.12 bits per heavy atom. The Morgan fingerprint density at radius 3 is 2.29 bits per heavy atom. The minimum Gasteiger partial charge on any atom is -0.352 e. The van der Waals surface area contributed by atoms with Gasteiger partial charge in [0.15, 0.2) is 0 Å². The van der Waals surface area contributed by atoms with Crippen molar-refractivity contribution in [2.45, 2.75) is 12.2 Å². The fourth-order valence-electron chi connectivity index (χ4n) is 2.16. The van der Waals surface area contributed by atoms with Gasteiger partial charge in [0.05, 0.1) is 6.04 Å². The molecule has 130 valence electrons. The van der Waals surface area contributed by atoms with E-state index in [-0.39, 0.29) is 18.1 Å². The second-order valence-corrected chi connectivity index (χ2v) is 5.26. The van der Waals surface area contributed by atoms with Crippen LogP contribution < -0.4 is 5.32 Å². The van der Waals surface area contributed by atoms with Crippen LogP contribution in [0.3, 0.4) is 0 Å². The van der Waals surface area contributed by atoms with Gasteiger partial charge in [0.2, 0.25) is 5.95 Å². The van der Waals surface area contributed by atoms with Gasteiger partial charge in [-0.1, -0.05) is 6.07 Å². The number of halogens is 5. The van der Waals surface area contributed by atoms with Crippen LogP contribution in [0.1, 0.15) is 17.3 Å². The molecule has 2 aromatic rings. The molecular formula is C15H15F5N4. The molecule has 1 aromatic carbocycles. The third kappa shape index (κ3) is 4.16. The van der Waals surface area contributed by atoms with Crippen LogP contribution in [0, 0.1) is 11.6 Å². The number of benzene rings is 1. The lowest BCUT2D eigenvalue weighted by Gasteiger charge is -2.25. The van der Waals surface area contributed by atoms with Crippen molar-refractivity contribution in [3.05, 3.63) is 53.4 Å². The molecule has 9 heteroatoms. The first-order valence-corrected chi connectivity index (χ1v) is 6.94. The number of aromatic nitrogens is 2. The highest BCUT2D eigenvalue weighted by Gasteiger charge is 2.33. The summed E-state index contributed by atoms with van der Waals surface area (Å²) in [6.07, 6.45) is -3.63. The Bertz CT molecular complexity index is 682. The molecule has 0 radical (unpaired) electrons. The summed E-state index contributed by atoms with van der Waals surface area (Å²) < 4.78 is 65.8. The maximum absolute atomic E-state index is 13.9. The lowest BCUT2D eigenvalue weighted by molar-refractivity contribution is -0.141.